The number of aromatic nitrogens is 2. The summed E-state index contributed by atoms with van der Waals surface area (Å²) in [6, 6.07) is 8.70. The van der Waals surface area contributed by atoms with Crippen LogP contribution in [0.2, 0.25) is 0 Å². The second-order valence-corrected chi connectivity index (χ2v) is 7.03. The lowest BCUT2D eigenvalue weighted by Crippen LogP contribution is -2.42. The van der Waals surface area contributed by atoms with Gasteiger partial charge in [-0.1, -0.05) is 32.9 Å². The van der Waals surface area contributed by atoms with Crippen LogP contribution in [0.5, 0.6) is 0 Å². The molecule has 23 heavy (non-hydrogen) atoms. The standard InChI is InChI=1S/C16H19BrN4O2/c1-16(2,3)13-9-12(21(4)20-13)15(23)19-18-14(22)10-7-5-6-8-11(10)17/h5-9H,1-4H3,(H,18,22)(H,19,23). The number of nitrogens with zero attached hydrogens (tertiary/aromatic N) is 2. The Morgan fingerprint density at radius 3 is 2.30 bits per heavy atom. The molecule has 0 aliphatic carbocycles. The predicted octanol–water partition coefficient (Wildman–Crippen LogP) is 2.55. The summed E-state index contributed by atoms with van der Waals surface area (Å²) < 4.78 is 2.16. The minimum absolute atomic E-state index is 0.158. The molecule has 2 amide bonds. The number of halogens is 1. The number of benzene rings is 1. The molecule has 122 valence electrons. The van der Waals surface area contributed by atoms with E-state index < -0.39 is 11.8 Å². The molecule has 2 N–H and O–H groups in total. The van der Waals surface area contributed by atoms with Crippen molar-refractivity contribution in [1.82, 2.24) is 20.6 Å². The van der Waals surface area contributed by atoms with E-state index in [0.29, 0.717) is 15.7 Å². The lowest BCUT2D eigenvalue weighted by molar-refractivity contribution is 0.0841. The maximum absolute atomic E-state index is 12.2. The van der Waals surface area contributed by atoms with Gasteiger partial charge < -0.3 is 0 Å². The fourth-order valence-electron chi connectivity index (χ4n) is 1.94. The van der Waals surface area contributed by atoms with Crippen molar-refractivity contribution in [3.8, 4) is 0 Å². The zero-order valence-electron chi connectivity index (χ0n) is 13.5. The molecule has 0 unspecified atom stereocenters. The summed E-state index contributed by atoms with van der Waals surface area (Å²) in [6.45, 7) is 6.06. The van der Waals surface area contributed by atoms with E-state index in [0.717, 1.165) is 5.69 Å². The molecule has 0 aliphatic heterocycles. The van der Waals surface area contributed by atoms with E-state index >= 15 is 0 Å². The van der Waals surface area contributed by atoms with Crippen molar-refractivity contribution in [2.75, 3.05) is 0 Å². The molecule has 6 nitrogen and oxygen atoms in total. The summed E-state index contributed by atoms with van der Waals surface area (Å²) in [4.78, 5) is 24.3. The highest BCUT2D eigenvalue weighted by Crippen LogP contribution is 2.21. The number of amides is 2. The zero-order chi connectivity index (χ0) is 17.2. The first kappa shape index (κ1) is 17.2. The lowest BCUT2D eigenvalue weighted by atomic mass is 9.92. The average Bonchev–Trinajstić information content (AvgIpc) is 2.87. The van der Waals surface area contributed by atoms with E-state index in [4.69, 9.17) is 0 Å². The Bertz CT molecular complexity index is 747. The van der Waals surface area contributed by atoms with E-state index in [9.17, 15) is 9.59 Å². The number of nitrogens with one attached hydrogen (secondary N) is 2. The van der Waals surface area contributed by atoms with Gasteiger partial charge in [0.1, 0.15) is 5.69 Å². The molecule has 7 heteroatoms. The summed E-state index contributed by atoms with van der Waals surface area (Å²) in [7, 11) is 1.69. The van der Waals surface area contributed by atoms with Crippen molar-refractivity contribution in [2.24, 2.45) is 7.05 Å². The number of hydrogen-bond acceptors (Lipinski definition) is 3. The highest BCUT2D eigenvalue weighted by Gasteiger charge is 2.22. The van der Waals surface area contributed by atoms with E-state index in [1.54, 1.807) is 31.3 Å². The fourth-order valence-corrected chi connectivity index (χ4v) is 2.40. The number of hydrazine groups is 1. The highest BCUT2D eigenvalue weighted by atomic mass is 79.9. The minimum Gasteiger partial charge on any atom is -0.267 e. The molecule has 0 atom stereocenters. The van der Waals surface area contributed by atoms with Crippen molar-refractivity contribution >= 4 is 27.7 Å². The van der Waals surface area contributed by atoms with Crippen molar-refractivity contribution in [2.45, 2.75) is 26.2 Å². The van der Waals surface area contributed by atoms with Crippen LogP contribution in [0.4, 0.5) is 0 Å². The average molecular weight is 379 g/mol. The van der Waals surface area contributed by atoms with E-state index in [1.807, 2.05) is 26.8 Å². The summed E-state index contributed by atoms with van der Waals surface area (Å²) in [5, 5.41) is 4.34. The molecule has 0 bridgehead atoms. The Morgan fingerprint density at radius 1 is 1.13 bits per heavy atom. The third-order valence-electron chi connectivity index (χ3n) is 3.29. The monoisotopic (exact) mass is 378 g/mol. The number of carbonyl (C=O) groups excluding carboxylic acids is 2. The summed E-state index contributed by atoms with van der Waals surface area (Å²) in [6.07, 6.45) is 0. The van der Waals surface area contributed by atoms with Crippen LogP contribution in [0, 0.1) is 0 Å². The van der Waals surface area contributed by atoms with Crippen molar-refractivity contribution in [1.29, 1.82) is 0 Å². The van der Waals surface area contributed by atoms with Gasteiger partial charge in [-0.15, -0.1) is 0 Å². The van der Waals surface area contributed by atoms with Crippen LogP contribution >= 0.6 is 15.9 Å². The van der Waals surface area contributed by atoms with E-state index in [-0.39, 0.29) is 5.41 Å². The van der Waals surface area contributed by atoms with E-state index in [1.165, 1.54) is 4.68 Å². The van der Waals surface area contributed by atoms with Crippen molar-refractivity contribution < 1.29 is 9.59 Å². The van der Waals surface area contributed by atoms with Gasteiger partial charge in [-0.2, -0.15) is 5.10 Å². The number of carbonyl (C=O) groups is 2. The maximum Gasteiger partial charge on any atom is 0.287 e. The first-order chi connectivity index (χ1) is 10.7. The Morgan fingerprint density at radius 2 is 1.74 bits per heavy atom. The summed E-state index contributed by atoms with van der Waals surface area (Å²) >= 11 is 3.30. The molecule has 1 aromatic heterocycles. The third kappa shape index (κ3) is 3.98. The van der Waals surface area contributed by atoms with Crippen molar-refractivity contribution in [3.63, 3.8) is 0 Å². The molecule has 0 saturated carbocycles. The molecular formula is C16H19BrN4O2. The summed E-state index contributed by atoms with van der Waals surface area (Å²) in [5.74, 6) is -0.819. The van der Waals surface area contributed by atoms with Gasteiger partial charge in [0, 0.05) is 16.9 Å². The maximum atomic E-state index is 12.2. The van der Waals surface area contributed by atoms with Crippen LogP contribution in [0.3, 0.4) is 0 Å². The van der Waals surface area contributed by atoms with Crippen LogP contribution in [0.1, 0.15) is 47.3 Å². The number of aryl methyl sites for hydroxylation is 1. The third-order valence-corrected chi connectivity index (χ3v) is 3.98. The van der Waals surface area contributed by atoms with E-state index in [2.05, 4.69) is 31.9 Å². The number of rotatable bonds is 2. The first-order valence-corrected chi connectivity index (χ1v) is 7.89. The fraction of sp³-hybridized carbons (Fsp3) is 0.312. The second kappa shape index (κ2) is 6.54. The van der Waals surface area contributed by atoms with Gasteiger partial charge in [0.05, 0.1) is 11.3 Å². The van der Waals surface area contributed by atoms with Gasteiger partial charge >= 0.3 is 0 Å². The van der Waals surface area contributed by atoms with Crippen LogP contribution in [0.15, 0.2) is 34.8 Å². The van der Waals surface area contributed by atoms with Gasteiger partial charge in [-0.05, 0) is 34.1 Å². The Labute approximate surface area is 143 Å². The molecule has 0 aliphatic rings. The predicted molar refractivity (Wildman–Crippen MR) is 91.0 cm³/mol. The van der Waals surface area contributed by atoms with Crippen LogP contribution in [-0.2, 0) is 12.5 Å². The van der Waals surface area contributed by atoms with Crippen LogP contribution < -0.4 is 10.9 Å². The van der Waals surface area contributed by atoms with Gasteiger partial charge in [-0.3, -0.25) is 25.1 Å². The SMILES string of the molecule is Cn1nc(C(C)(C)C)cc1C(=O)NNC(=O)c1ccccc1Br. The lowest BCUT2D eigenvalue weighted by Gasteiger charge is -2.13. The molecular weight excluding hydrogens is 360 g/mol. The molecule has 0 fully saturated rings. The zero-order valence-corrected chi connectivity index (χ0v) is 15.1. The van der Waals surface area contributed by atoms with Gasteiger partial charge in [0.15, 0.2) is 0 Å². The van der Waals surface area contributed by atoms with Gasteiger partial charge in [-0.25, -0.2) is 0 Å². The van der Waals surface area contributed by atoms with Crippen LogP contribution in [-0.4, -0.2) is 21.6 Å². The van der Waals surface area contributed by atoms with Crippen molar-refractivity contribution in [3.05, 3.63) is 51.8 Å². The molecule has 2 aromatic rings. The molecule has 2 rings (SSSR count). The number of hydrogen-bond donors (Lipinski definition) is 2. The molecule has 1 aromatic carbocycles. The molecule has 1 heterocycles. The Hall–Kier alpha value is -2.15. The normalized spacial score (nSPS) is 11.2. The van der Waals surface area contributed by atoms with Gasteiger partial charge in [0.2, 0.25) is 0 Å². The first-order valence-electron chi connectivity index (χ1n) is 7.10. The Balaban J connectivity index is 2.07. The Kier molecular flexibility index (Phi) is 4.89. The quantitative estimate of drug-likeness (QED) is 0.788. The second-order valence-electron chi connectivity index (χ2n) is 6.18. The smallest absolute Gasteiger partial charge is 0.267 e. The largest absolute Gasteiger partial charge is 0.287 e. The summed E-state index contributed by atoms with van der Waals surface area (Å²) in [5.41, 5.74) is 6.28. The van der Waals surface area contributed by atoms with Crippen LogP contribution in [0.25, 0.3) is 0 Å². The molecule has 0 saturated heterocycles. The topological polar surface area (TPSA) is 76.0 Å². The molecule has 0 spiro atoms. The minimum atomic E-state index is -0.420. The highest BCUT2D eigenvalue weighted by molar-refractivity contribution is 9.10. The molecule has 0 radical (unpaired) electrons. The van der Waals surface area contributed by atoms with Gasteiger partial charge in [0.25, 0.3) is 11.8 Å².